The molecule has 2 aliphatic rings. The van der Waals surface area contributed by atoms with Crippen molar-refractivity contribution in [2.24, 2.45) is 5.10 Å². The maximum Gasteiger partial charge on any atom is 0.214 e. The van der Waals surface area contributed by atoms with Crippen LogP contribution in [0, 0.1) is 0 Å². The standard InChI is InChI=1S/C21H19N3O2S/c1-2-25-18-6-3-5-15-17-13-16(19-7-4-12-27-19)23-24(17)21(26-20(15)18)14-8-10-22-11-9-14/h3-12,17,21H,2,13H2,1H3/t17-,21-/m1/s1. The van der Waals surface area contributed by atoms with Gasteiger partial charge in [0.2, 0.25) is 6.23 Å². The third-order valence-corrected chi connectivity index (χ3v) is 5.80. The lowest BCUT2D eigenvalue weighted by molar-refractivity contribution is -0.0212. The summed E-state index contributed by atoms with van der Waals surface area (Å²) in [6.45, 7) is 2.59. The molecule has 5 nitrogen and oxygen atoms in total. The first-order chi connectivity index (χ1) is 13.3. The molecule has 0 saturated carbocycles. The largest absolute Gasteiger partial charge is 0.490 e. The quantitative estimate of drug-likeness (QED) is 0.656. The van der Waals surface area contributed by atoms with Gasteiger partial charge in [-0.15, -0.1) is 11.3 Å². The van der Waals surface area contributed by atoms with Gasteiger partial charge in [-0.05, 0) is 36.6 Å². The van der Waals surface area contributed by atoms with Crippen LogP contribution in [0.15, 0.2) is 65.3 Å². The van der Waals surface area contributed by atoms with E-state index in [1.165, 1.54) is 4.88 Å². The van der Waals surface area contributed by atoms with Gasteiger partial charge in [0.05, 0.1) is 23.2 Å². The molecule has 0 spiro atoms. The third kappa shape index (κ3) is 2.77. The SMILES string of the molecule is CCOc1cccc2c1O[C@H](c1ccncc1)N1N=C(c3cccs3)C[C@H]21. The molecule has 0 amide bonds. The molecule has 1 aromatic carbocycles. The molecule has 27 heavy (non-hydrogen) atoms. The summed E-state index contributed by atoms with van der Waals surface area (Å²) < 4.78 is 12.3. The molecule has 0 saturated heterocycles. The van der Waals surface area contributed by atoms with Gasteiger partial charge < -0.3 is 9.47 Å². The Morgan fingerprint density at radius 2 is 2.07 bits per heavy atom. The minimum absolute atomic E-state index is 0.129. The summed E-state index contributed by atoms with van der Waals surface area (Å²) in [5, 5.41) is 9.14. The smallest absolute Gasteiger partial charge is 0.214 e. The summed E-state index contributed by atoms with van der Waals surface area (Å²) in [5.74, 6) is 1.61. The number of pyridine rings is 1. The second-order valence-corrected chi connectivity index (χ2v) is 7.43. The van der Waals surface area contributed by atoms with E-state index in [1.54, 1.807) is 23.7 Å². The van der Waals surface area contributed by atoms with Gasteiger partial charge >= 0.3 is 0 Å². The summed E-state index contributed by atoms with van der Waals surface area (Å²) in [4.78, 5) is 5.35. The molecule has 4 heterocycles. The fourth-order valence-electron chi connectivity index (χ4n) is 3.69. The summed E-state index contributed by atoms with van der Waals surface area (Å²) in [5.41, 5.74) is 3.26. The van der Waals surface area contributed by atoms with Crippen LogP contribution in [0.3, 0.4) is 0 Å². The number of fused-ring (bicyclic) bond motifs is 3. The number of aromatic nitrogens is 1. The minimum atomic E-state index is -0.301. The van der Waals surface area contributed by atoms with Crippen LogP contribution in [-0.2, 0) is 0 Å². The molecular formula is C21H19N3O2S. The zero-order valence-electron chi connectivity index (χ0n) is 14.9. The zero-order chi connectivity index (χ0) is 18.2. The van der Waals surface area contributed by atoms with Gasteiger partial charge in [0.1, 0.15) is 0 Å². The van der Waals surface area contributed by atoms with E-state index in [4.69, 9.17) is 14.6 Å². The van der Waals surface area contributed by atoms with Crippen LogP contribution >= 0.6 is 11.3 Å². The average molecular weight is 377 g/mol. The zero-order valence-corrected chi connectivity index (χ0v) is 15.7. The molecule has 0 unspecified atom stereocenters. The molecule has 6 heteroatoms. The van der Waals surface area contributed by atoms with Crippen LogP contribution in [-0.4, -0.2) is 22.3 Å². The fourth-order valence-corrected chi connectivity index (χ4v) is 4.41. The van der Waals surface area contributed by atoms with E-state index in [1.807, 2.05) is 31.2 Å². The lowest BCUT2D eigenvalue weighted by Gasteiger charge is -2.38. The summed E-state index contributed by atoms with van der Waals surface area (Å²) >= 11 is 1.72. The highest BCUT2D eigenvalue weighted by molar-refractivity contribution is 7.12. The topological polar surface area (TPSA) is 47.0 Å². The van der Waals surface area contributed by atoms with Crippen molar-refractivity contribution in [3.8, 4) is 11.5 Å². The number of rotatable bonds is 4. The first-order valence-electron chi connectivity index (χ1n) is 9.07. The van der Waals surface area contributed by atoms with Crippen LogP contribution < -0.4 is 9.47 Å². The van der Waals surface area contributed by atoms with Crippen molar-refractivity contribution in [2.75, 3.05) is 6.61 Å². The normalized spacial score (nSPS) is 20.5. The summed E-state index contributed by atoms with van der Waals surface area (Å²) in [7, 11) is 0. The van der Waals surface area contributed by atoms with E-state index in [9.17, 15) is 0 Å². The van der Waals surface area contributed by atoms with E-state index in [0.717, 1.165) is 34.8 Å². The minimum Gasteiger partial charge on any atom is -0.490 e. The maximum absolute atomic E-state index is 6.45. The van der Waals surface area contributed by atoms with E-state index in [0.29, 0.717) is 6.61 Å². The van der Waals surface area contributed by atoms with Gasteiger partial charge in [0.25, 0.3) is 0 Å². The molecule has 5 rings (SSSR count). The van der Waals surface area contributed by atoms with Crippen LogP contribution in [0.5, 0.6) is 11.5 Å². The van der Waals surface area contributed by atoms with Crippen molar-refractivity contribution in [3.05, 3.63) is 76.2 Å². The highest BCUT2D eigenvalue weighted by Crippen LogP contribution is 2.50. The fraction of sp³-hybridized carbons (Fsp3) is 0.238. The van der Waals surface area contributed by atoms with E-state index in [2.05, 4.69) is 33.6 Å². The number of nitrogens with zero attached hydrogens (tertiary/aromatic N) is 3. The average Bonchev–Trinajstić information content (AvgIpc) is 3.38. The van der Waals surface area contributed by atoms with Gasteiger partial charge in [0, 0.05) is 29.9 Å². The Balaban J connectivity index is 1.62. The second-order valence-electron chi connectivity index (χ2n) is 6.48. The Hall–Kier alpha value is -2.86. The molecule has 0 fully saturated rings. The molecule has 0 radical (unpaired) electrons. The monoisotopic (exact) mass is 377 g/mol. The number of hydrazone groups is 1. The van der Waals surface area contributed by atoms with Crippen molar-refractivity contribution in [1.29, 1.82) is 0 Å². The van der Waals surface area contributed by atoms with E-state index >= 15 is 0 Å². The van der Waals surface area contributed by atoms with Crippen molar-refractivity contribution in [1.82, 2.24) is 9.99 Å². The van der Waals surface area contributed by atoms with Gasteiger partial charge in [-0.2, -0.15) is 5.10 Å². The lowest BCUT2D eigenvalue weighted by Crippen LogP contribution is -2.33. The van der Waals surface area contributed by atoms with Crippen LogP contribution in [0.2, 0.25) is 0 Å². The molecule has 2 aliphatic heterocycles. The number of hydrogen-bond donors (Lipinski definition) is 0. The number of para-hydroxylation sites is 1. The van der Waals surface area contributed by atoms with Crippen molar-refractivity contribution >= 4 is 17.0 Å². The highest BCUT2D eigenvalue weighted by Gasteiger charge is 2.42. The maximum atomic E-state index is 6.45. The van der Waals surface area contributed by atoms with Crippen LogP contribution in [0.4, 0.5) is 0 Å². The van der Waals surface area contributed by atoms with Gasteiger partial charge in [-0.1, -0.05) is 18.2 Å². The Kier molecular flexibility index (Phi) is 4.05. The van der Waals surface area contributed by atoms with E-state index in [-0.39, 0.29) is 12.3 Å². The Morgan fingerprint density at radius 1 is 1.19 bits per heavy atom. The first-order valence-corrected chi connectivity index (χ1v) is 9.95. The molecule has 136 valence electrons. The van der Waals surface area contributed by atoms with Crippen molar-refractivity contribution < 1.29 is 9.47 Å². The number of ether oxygens (including phenoxy) is 2. The summed E-state index contributed by atoms with van der Waals surface area (Å²) in [6.07, 6.45) is 4.13. The molecule has 0 bridgehead atoms. The Labute approximate surface area is 161 Å². The molecule has 2 aromatic heterocycles. The summed E-state index contributed by atoms with van der Waals surface area (Å²) in [6, 6.07) is 14.4. The van der Waals surface area contributed by atoms with Crippen molar-refractivity contribution in [2.45, 2.75) is 25.6 Å². The predicted octanol–water partition coefficient (Wildman–Crippen LogP) is 4.78. The molecule has 3 aromatic rings. The van der Waals surface area contributed by atoms with Crippen LogP contribution in [0.25, 0.3) is 0 Å². The lowest BCUT2D eigenvalue weighted by atomic mass is 9.97. The number of hydrogen-bond acceptors (Lipinski definition) is 6. The first kappa shape index (κ1) is 16.3. The van der Waals surface area contributed by atoms with Crippen LogP contribution in [0.1, 0.15) is 41.6 Å². The predicted molar refractivity (Wildman–Crippen MR) is 105 cm³/mol. The third-order valence-electron chi connectivity index (χ3n) is 4.88. The van der Waals surface area contributed by atoms with Gasteiger partial charge in [-0.3, -0.25) is 4.98 Å². The number of benzene rings is 1. The van der Waals surface area contributed by atoms with Gasteiger partial charge in [-0.25, -0.2) is 5.01 Å². The highest BCUT2D eigenvalue weighted by atomic mass is 32.1. The molecular weight excluding hydrogens is 358 g/mol. The van der Waals surface area contributed by atoms with Crippen molar-refractivity contribution in [3.63, 3.8) is 0 Å². The molecule has 0 N–H and O–H groups in total. The molecule has 2 atom stereocenters. The second kappa shape index (κ2) is 6.70. The number of thiophene rings is 1. The van der Waals surface area contributed by atoms with Gasteiger partial charge in [0.15, 0.2) is 11.5 Å². The molecule has 0 aliphatic carbocycles. The Bertz CT molecular complexity index is 972. The van der Waals surface area contributed by atoms with E-state index < -0.39 is 0 Å². The Morgan fingerprint density at radius 3 is 2.85 bits per heavy atom.